The number of rotatable bonds is 5. The quantitative estimate of drug-likeness (QED) is 0.908. The van der Waals surface area contributed by atoms with Crippen molar-refractivity contribution < 1.29 is 13.9 Å². The van der Waals surface area contributed by atoms with Gasteiger partial charge in [-0.25, -0.2) is 4.39 Å². The van der Waals surface area contributed by atoms with Crippen LogP contribution in [0.1, 0.15) is 6.92 Å². The summed E-state index contributed by atoms with van der Waals surface area (Å²) >= 11 is 3.14. The minimum atomic E-state index is -0.646. The molecule has 5 heteroatoms. The van der Waals surface area contributed by atoms with Crippen LogP contribution in [0.15, 0.2) is 35.3 Å². The molecular weight excluding hydrogens is 289 g/mol. The van der Waals surface area contributed by atoms with E-state index >= 15 is 0 Å². The lowest BCUT2D eigenvalue weighted by molar-refractivity contribution is -0.127. The van der Waals surface area contributed by atoms with E-state index in [4.69, 9.17) is 4.74 Å². The number of amides is 1. The van der Waals surface area contributed by atoms with Gasteiger partial charge in [0.2, 0.25) is 0 Å². The molecule has 0 saturated heterocycles. The maximum atomic E-state index is 12.6. The monoisotopic (exact) mass is 301 g/mol. The van der Waals surface area contributed by atoms with E-state index in [-0.39, 0.29) is 11.7 Å². The molecular formula is C12H13BrFNO2. The van der Waals surface area contributed by atoms with Gasteiger partial charge in [0.05, 0.1) is 0 Å². The van der Waals surface area contributed by atoms with Crippen molar-refractivity contribution in [3.05, 3.63) is 41.1 Å². The molecule has 0 fully saturated rings. The van der Waals surface area contributed by atoms with Crippen molar-refractivity contribution in [2.24, 2.45) is 0 Å². The largest absolute Gasteiger partial charge is 0.481 e. The molecule has 17 heavy (non-hydrogen) atoms. The third-order valence-corrected chi connectivity index (χ3v) is 2.23. The van der Waals surface area contributed by atoms with E-state index < -0.39 is 6.10 Å². The minimum absolute atomic E-state index is 0.255. The number of ether oxygens (including phenoxy) is 1. The van der Waals surface area contributed by atoms with Gasteiger partial charge >= 0.3 is 0 Å². The summed E-state index contributed by atoms with van der Waals surface area (Å²) in [6.45, 7) is 5.56. The first-order chi connectivity index (χ1) is 7.99. The van der Waals surface area contributed by atoms with Crippen molar-refractivity contribution in [3.63, 3.8) is 0 Å². The van der Waals surface area contributed by atoms with Gasteiger partial charge in [0, 0.05) is 11.0 Å². The molecule has 3 nitrogen and oxygen atoms in total. The predicted molar refractivity (Wildman–Crippen MR) is 67.6 cm³/mol. The lowest BCUT2D eigenvalue weighted by Crippen LogP contribution is -2.36. The molecule has 1 aromatic carbocycles. The Kier molecular flexibility index (Phi) is 5.15. The van der Waals surface area contributed by atoms with Crippen molar-refractivity contribution in [2.45, 2.75) is 13.0 Å². The lowest BCUT2D eigenvalue weighted by Gasteiger charge is -2.14. The summed E-state index contributed by atoms with van der Waals surface area (Å²) in [5.74, 6) is -0.147. The van der Waals surface area contributed by atoms with Crippen LogP contribution in [-0.2, 0) is 4.79 Å². The number of halogens is 2. The second-order valence-electron chi connectivity index (χ2n) is 3.45. The van der Waals surface area contributed by atoms with E-state index in [1.165, 1.54) is 24.3 Å². The second kappa shape index (κ2) is 6.39. The molecule has 0 aromatic heterocycles. The van der Waals surface area contributed by atoms with Crippen LogP contribution in [0.25, 0.3) is 0 Å². The number of hydrogen-bond donors (Lipinski definition) is 1. The Morgan fingerprint density at radius 2 is 2.12 bits per heavy atom. The number of hydrogen-bond acceptors (Lipinski definition) is 2. The third kappa shape index (κ3) is 4.99. The highest BCUT2D eigenvalue weighted by molar-refractivity contribution is 9.11. The zero-order chi connectivity index (χ0) is 12.8. The molecule has 0 aliphatic rings. The van der Waals surface area contributed by atoms with E-state index in [9.17, 15) is 9.18 Å². The fourth-order valence-electron chi connectivity index (χ4n) is 1.10. The molecule has 0 aliphatic heterocycles. The van der Waals surface area contributed by atoms with E-state index in [0.717, 1.165) is 0 Å². The van der Waals surface area contributed by atoms with Crippen molar-refractivity contribution in [1.82, 2.24) is 5.32 Å². The minimum Gasteiger partial charge on any atom is -0.481 e. The first-order valence-corrected chi connectivity index (χ1v) is 5.81. The number of nitrogens with one attached hydrogen (secondary N) is 1. The fourth-order valence-corrected chi connectivity index (χ4v) is 1.24. The summed E-state index contributed by atoms with van der Waals surface area (Å²) in [7, 11) is 0. The van der Waals surface area contributed by atoms with Gasteiger partial charge in [-0.15, -0.1) is 0 Å². The van der Waals surface area contributed by atoms with Crippen LogP contribution in [0.4, 0.5) is 4.39 Å². The second-order valence-corrected chi connectivity index (χ2v) is 4.57. The van der Waals surface area contributed by atoms with Crippen LogP contribution in [0.3, 0.4) is 0 Å². The average Bonchev–Trinajstić information content (AvgIpc) is 2.28. The van der Waals surface area contributed by atoms with Crippen molar-refractivity contribution >= 4 is 21.8 Å². The van der Waals surface area contributed by atoms with Crippen LogP contribution in [0.5, 0.6) is 5.75 Å². The molecule has 1 N–H and O–H groups in total. The van der Waals surface area contributed by atoms with Gasteiger partial charge in [-0.3, -0.25) is 4.79 Å². The van der Waals surface area contributed by atoms with Crippen molar-refractivity contribution in [2.75, 3.05) is 6.54 Å². The van der Waals surface area contributed by atoms with Gasteiger partial charge < -0.3 is 10.1 Å². The zero-order valence-electron chi connectivity index (χ0n) is 9.37. The van der Waals surface area contributed by atoms with Gasteiger partial charge in [-0.1, -0.05) is 22.5 Å². The number of carbonyl (C=O) groups excluding carboxylic acids is 1. The molecule has 1 atom stereocenters. The highest BCUT2D eigenvalue weighted by Crippen LogP contribution is 2.13. The average molecular weight is 302 g/mol. The van der Waals surface area contributed by atoms with Gasteiger partial charge in [0.1, 0.15) is 11.6 Å². The van der Waals surface area contributed by atoms with Gasteiger partial charge in [0.25, 0.3) is 5.91 Å². The molecule has 0 saturated carbocycles. The van der Waals surface area contributed by atoms with Gasteiger partial charge in [-0.2, -0.15) is 0 Å². The Hall–Kier alpha value is -1.36. The summed E-state index contributed by atoms with van der Waals surface area (Å²) in [4.78, 5) is 11.5. The number of benzene rings is 1. The highest BCUT2D eigenvalue weighted by atomic mass is 79.9. The standard InChI is InChI=1S/C12H13BrFNO2/c1-8(13)7-15-12(16)9(2)17-11-5-3-10(14)4-6-11/h3-6,9H,1,7H2,2H3,(H,15,16). The molecule has 0 radical (unpaired) electrons. The van der Waals surface area contributed by atoms with Crippen LogP contribution in [0, 0.1) is 5.82 Å². The summed E-state index contributed by atoms with van der Waals surface area (Å²) < 4.78 is 18.7. The van der Waals surface area contributed by atoms with E-state index in [0.29, 0.717) is 16.8 Å². The first kappa shape index (κ1) is 13.7. The van der Waals surface area contributed by atoms with Gasteiger partial charge in [0.15, 0.2) is 6.10 Å². The SMILES string of the molecule is C=C(Br)CNC(=O)C(C)Oc1ccc(F)cc1. The van der Waals surface area contributed by atoms with Gasteiger partial charge in [-0.05, 0) is 31.2 Å². The Morgan fingerprint density at radius 3 is 2.65 bits per heavy atom. The fraction of sp³-hybridized carbons (Fsp3) is 0.250. The van der Waals surface area contributed by atoms with Crippen LogP contribution in [0.2, 0.25) is 0 Å². The molecule has 0 heterocycles. The lowest BCUT2D eigenvalue weighted by atomic mass is 10.3. The summed E-state index contributed by atoms with van der Waals surface area (Å²) in [6.07, 6.45) is -0.646. The number of carbonyl (C=O) groups is 1. The first-order valence-electron chi connectivity index (χ1n) is 5.02. The molecule has 92 valence electrons. The smallest absolute Gasteiger partial charge is 0.261 e. The van der Waals surface area contributed by atoms with E-state index in [1.54, 1.807) is 6.92 Å². The van der Waals surface area contributed by atoms with E-state index in [1.807, 2.05) is 0 Å². The topological polar surface area (TPSA) is 38.3 Å². The predicted octanol–water partition coefficient (Wildman–Crippen LogP) is 2.62. The Labute approximate surface area is 108 Å². The Balaban J connectivity index is 2.48. The molecule has 1 rings (SSSR count). The highest BCUT2D eigenvalue weighted by Gasteiger charge is 2.13. The van der Waals surface area contributed by atoms with E-state index in [2.05, 4.69) is 27.8 Å². The van der Waals surface area contributed by atoms with Crippen LogP contribution < -0.4 is 10.1 Å². The molecule has 0 bridgehead atoms. The third-order valence-electron chi connectivity index (χ3n) is 1.95. The maximum absolute atomic E-state index is 12.6. The van der Waals surface area contributed by atoms with Crippen LogP contribution >= 0.6 is 15.9 Å². The molecule has 0 spiro atoms. The molecule has 1 aromatic rings. The summed E-state index contributed by atoms with van der Waals surface area (Å²) in [5, 5.41) is 2.63. The normalized spacial score (nSPS) is 11.7. The molecule has 1 unspecified atom stereocenters. The Morgan fingerprint density at radius 1 is 1.53 bits per heavy atom. The molecule has 1 amide bonds. The molecule has 0 aliphatic carbocycles. The summed E-state index contributed by atoms with van der Waals surface area (Å²) in [5.41, 5.74) is 0. The zero-order valence-corrected chi connectivity index (χ0v) is 11.0. The summed E-state index contributed by atoms with van der Waals surface area (Å²) in [6, 6.07) is 5.51. The Bertz CT molecular complexity index is 405. The van der Waals surface area contributed by atoms with Crippen LogP contribution in [-0.4, -0.2) is 18.6 Å². The maximum Gasteiger partial charge on any atom is 0.261 e. The van der Waals surface area contributed by atoms with Crippen molar-refractivity contribution in [1.29, 1.82) is 0 Å². The van der Waals surface area contributed by atoms with Crippen molar-refractivity contribution in [3.8, 4) is 5.75 Å².